The summed E-state index contributed by atoms with van der Waals surface area (Å²) in [4.78, 5) is 39.8. The van der Waals surface area contributed by atoms with Crippen LogP contribution < -0.4 is 10.1 Å². The number of non-ortho nitro benzene ring substituents is 1. The average Bonchev–Trinajstić information content (AvgIpc) is 3.20. The molecule has 4 rings (SSSR count). The second-order valence-electron chi connectivity index (χ2n) is 8.60. The van der Waals surface area contributed by atoms with E-state index >= 15 is 0 Å². The number of anilines is 1. The van der Waals surface area contributed by atoms with E-state index in [9.17, 15) is 25.0 Å². The van der Waals surface area contributed by atoms with Gasteiger partial charge in [-0.15, -0.1) is 0 Å². The smallest absolute Gasteiger partial charge is 0.272 e. The molecule has 9 heteroatoms. The Morgan fingerprint density at radius 2 is 1.82 bits per heavy atom. The van der Waals surface area contributed by atoms with Crippen molar-refractivity contribution in [1.82, 2.24) is 4.90 Å². The van der Waals surface area contributed by atoms with Gasteiger partial charge in [0.2, 0.25) is 0 Å². The molecule has 38 heavy (non-hydrogen) atoms. The maximum absolute atomic E-state index is 14.0. The minimum Gasteiger partial charge on any atom is -0.494 e. The van der Waals surface area contributed by atoms with Crippen LogP contribution in [0, 0.1) is 21.4 Å². The molecule has 1 amide bonds. The van der Waals surface area contributed by atoms with E-state index in [4.69, 9.17) is 4.74 Å². The Kier molecular flexibility index (Phi) is 7.83. The molecule has 0 fully saturated rings. The molecule has 3 aromatic carbocycles. The average molecular weight is 511 g/mol. The van der Waals surface area contributed by atoms with Crippen molar-refractivity contribution in [1.29, 1.82) is 5.26 Å². The first-order valence-corrected chi connectivity index (χ1v) is 12.2. The number of nitro benzene ring substituents is 1. The molecule has 192 valence electrons. The number of nitrogens with one attached hydrogen (secondary N) is 1. The van der Waals surface area contributed by atoms with Gasteiger partial charge in [-0.1, -0.05) is 43.3 Å². The Morgan fingerprint density at radius 1 is 1.11 bits per heavy atom. The molecule has 0 radical (unpaired) electrons. The Balaban J connectivity index is 1.88. The quantitative estimate of drug-likeness (QED) is 0.172. The Labute approximate surface area is 220 Å². The van der Waals surface area contributed by atoms with Crippen molar-refractivity contribution in [3.05, 3.63) is 111 Å². The summed E-state index contributed by atoms with van der Waals surface area (Å²) < 4.78 is 5.53. The Morgan fingerprint density at radius 3 is 2.42 bits per heavy atom. The summed E-state index contributed by atoms with van der Waals surface area (Å²) >= 11 is 0. The highest BCUT2D eigenvalue weighted by Gasteiger charge is 2.43. The lowest BCUT2D eigenvalue weighted by Gasteiger charge is -2.25. The van der Waals surface area contributed by atoms with Gasteiger partial charge < -0.3 is 15.0 Å². The molecule has 1 N–H and O–H groups in total. The van der Waals surface area contributed by atoms with E-state index in [2.05, 4.69) is 5.32 Å². The van der Waals surface area contributed by atoms with Crippen LogP contribution >= 0.6 is 0 Å². The fraction of sp³-hybridized carbons (Fsp3) is 0.207. The number of nitrogens with zero attached hydrogens (tertiary/aromatic N) is 3. The van der Waals surface area contributed by atoms with Crippen LogP contribution in [0.2, 0.25) is 0 Å². The number of hydrogen-bond donors (Lipinski definition) is 1. The SMILES string of the molecule is CCOc1ccc(C2C(C(=O)c3cccc([N+](=O)[O-])c3)=C(Nc3ccc(CC)cc3)C(=O)N2CC#N)cc1. The summed E-state index contributed by atoms with van der Waals surface area (Å²) in [5.74, 6) is -0.440. The van der Waals surface area contributed by atoms with Gasteiger partial charge in [-0.25, -0.2) is 0 Å². The van der Waals surface area contributed by atoms with Crippen LogP contribution in [0.4, 0.5) is 11.4 Å². The molecular formula is C29H26N4O5. The Bertz CT molecular complexity index is 1440. The largest absolute Gasteiger partial charge is 0.494 e. The molecule has 3 aromatic rings. The molecule has 0 saturated carbocycles. The summed E-state index contributed by atoms with van der Waals surface area (Å²) in [7, 11) is 0. The standard InChI is InChI=1S/C29H26N4O5/c1-3-19-8-12-22(13-9-19)31-26-25(28(34)21-6-5-7-23(18-21)33(36)37)27(32(17-16-30)29(26)35)20-10-14-24(15-11-20)38-4-2/h5-15,18,27,31H,3-4,17H2,1-2H3. The first kappa shape index (κ1) is 26.1. The van der Waals surface area contributed by atoms with Gasteiger partial charge in [-0.2, -0.15) is 5.26 Å². The maximum atomic E-state index is 14.0. The molecule has 0 aliphatic carbocycles. The number of ketones is 1. The van der Waals surface area contributed by atoms with Gasteiger partial charge in [0.15, 0.2) is 5.78 Å². The predicted molar refractivity (Wildman–Crippen MR) is 142 cm³/mol. The lowest BCUT2D eigenvalue weighted by Crippen LogP contribution is -2.32. The topological polar surface area (TPSA) is 126 Å². The zero-order chi connectivity index (χ0) is 27.2. The summed E-state index contributed by atoms with van der Waals surface area (Å²) in [6.45, 7) is 4.11. The van der Waals surface area contributed by atoms with E-state index in [0.29, 0.717) is 23.6 Å². The van der Waals surface area contributed by atoms with E-state index in [1.54, 1.807) is 24.3 Å². The Hall–Kier alpha value is -4.97. The molecule has 1 aliphatic rings. The van der Waals surface area contributed by atoms with Gasteiger partial charge in [0, 0.05) is 23.4 Å². The first-order valence-electron chi connectivity index (χ1n) is 12.2. The highest BCUT2D eigenvalue weighted by Crippen LogP contribution is 2.40. The number of nitro groups is 1. The lowest BCUT2D eigenvalue weighted by atomic mass is 9.92. The van der Waals surface area contributed by atoms with Crippen LogP contribution in [-0.4, -0.2) is 34.7 Å². The molecule has 1 unspecified atom stereocenters. The number of Topliss-reactive ketones (excluding diaryl/α,β-unsaturated/α-hetero) is 1. The summed E-state index contributed by atoms with van der Waals surface area (Å²) in [5, 5.41) is 24.0. The zero-order valence-corrected chi connectivity index (χ0v) is 21.0. The highest BCUT2D eigenvalue weighted by atomic mass is 16.6. The minimum absolute atomic E-state index is 0.0277. The van der Waals surface area contributed by atoms with E-state index < -0.39 is 22.7 Å². The third kappa shape index (κ3) is 5.25. The third-order valence-corrected chi connectivity index (χ3v) is 6.27. The second kappa shape index (κ2) is 11.4. The normalized spacial score (nSPS) is 14.8. The minimum atomic E-state index is -0.887. The molecule has 1 atom stereocenters. The van der Waals surface area contributed by atoms with E-state index in [0.717, 1.165) is 12.0 Å². The highest BCUT2D eigenvalue weighted by molar-refractivity contribution is 6.18. The lowest BCUT2D eigenvalue weighted by molar-refractivity contribution is -0.384. The van der Waals surface area contributed by atoms with E-state index in [1.165, 1.54) is 29.2 Å². The molecule has 0 aromatic heterocycles. The number of carbonyl (C=O) groups is 2. The van der Waals surface area contributed by atoms with Crippen molar-refractivity contribution in [3.63, 3.8) is 0 Å². The molecule has 9 nitrogen and oxygen atoms in total. The predicted octanol–water partition coefficient (Wildman–Crippen LogP) is 5.21. The molecule has 1 aliphatic heterocycles. The summed E-state index contributed by atoms with van der Waals surface area (Å²) in [6.07, 6.45) is 0.841. The van der Waals surface area contributed by atoms with Gasteiger partial charge in [-0.05, 0) is 48.7 Å². The van der Waals surface area contributed by atoms with E-state index in [-0.39, 0.29) is 29.1 Å². The molecule has 0 spiro atoms. The van der Waals surface area contributed by atoms with Crippen LogP contribution in [0.5, 0.6) is 5.75 Å². The van der Waals surface area contributed by atoms with Crippen molar-refractivity contribution < 1.29 is 19.2 Å². The number of benzene rings is 3. The zero-order valence-electron chi connectivity index (χ0n) is 21.0. The maximum Gasteiger partial charge on any atom is 0.272 e. The fourth-order valence-corrected chi connectivity index (χ4v) is 4.41. The number of nitriles is 1. The van der Waals surface area contributed by atoms with Gasteiger partial charge >= 0.3 is 0 Å². The fourth-order valence-electron chi connectivity index (χ4n) is 4.41. The number of carbonyl (C=O) groups excluding carboxylic acids is 2. The van der Waals surface area contributed by atoms with Crippen molar-refractivity contribution in [2.45, 2.75) is 26.3 Å². The molecule has 0 bridgehead atoms. The number of aryl methyl sites for hydroxylation is 1. The van der Waals surface area contributed by atoms with Crippen molar-refractivity contribution in [3.8, 4) is 11.8 Å². The van der Waals surface area contributed by atoms with Gasteiger partial charge in [0.1, 0.15) is 18.0 Å². The van der Waals surface area contributed by atoms with Crippen LogP contribution in [0.1, 0.15) is 41.4 Å². The van der Waals surface area contributed by atoms with Crippen LogP contribution in [-0.2, 0) is 11.2 Å². The molecular weight excluding hydrogens is 484 g/mol. The molecule has 0 saturated heterocycles. The summed E-state index contributed by atoms with van der Waals surface area (Å²) in [5.41, 5.74) is 2.26. The van der Waals surface area contributed by atoms with Crippen LogP contribution in [0.15, 0.2) is 84.1 Å². The van der Waals surface area contributed by atoms with Crippen LogP contribution in [0.25, 0.3) is 0 Å². The van der Waals surface area contributed by atoms with E-state index in [1.807, 2.05) is 44.2 Å². The number of amides is 1. The van der Waals surface area contributed by atoms with Crippen LogP contribution in [0.3, 0.4) is 0 Å². The van der Waals surface area contributed by atoms with Crippen molar-refractivity contribution in [2.24, 2.45) is 0 Å². The van der Waals surface area contributed by atoms with Gasteiger partial charge in [0.25, 0.3) is 11.6 Å². The second-order valence-corrected chi connectivity index (χ2v) is 8.60. The third-order valence-electron chi connectivity index (χ3n) is 6.27. The van der Waals surface area contributed by atoms with Gasteiger partial charge in [0.05, 0.1) is 29.2 Å². The number of rotatable bonds is 10. The first-order chi connectivity index (χ1) is 18.4. The monoisotopic (exact) mass is 510 g/mol. The van der Waals surface area contributed by atoms with Crippen molar-refractivity contribution >= 4 is 23.1 Å². The van der Waals surface area contributed by atoms with Gasteiger partial charge in [-0.3, -0.25) is 19.7 Å². The number of hydrogen-bond acceptors (Lipinski definition) is 7. The summed E-state index contributed by atoms with van der Waals surface area (Å²) in [6, 6.07) is 20.9. The van der Waals surface area contributed by atoms with Crippen molar-refractivity contribution in [2.75, 3.05) is 18.5 Å². The number of ether oxygens (including phenoxy) is 1. The molecule has 1 heterocycles.